The average molecular weight is 400 g/mol. The lowest BCUT2D eigenvalue weighted by atomic mass is 9.88. The Morgan fingerprint density at radius 2 is 1.88 bits per heavy atom. The number of nitrogens with one attached hydrogen (secondary N) is 1. The number of carboxylic acid groups (broad SMARTS) is 1. The van der Waals surface area contributed by atoms with E-state index in [1.165, 1.54) is 0 Å². The minimum atomic E-state index is -4.01. The van der Waals surface area contributed by atoms with Gasteiger partial charge in [0.25, 0.3) is 0 Å². The first kappa shape index (κ1) is 18.2. The second-order valence-corrected chi connectivity index (χ2v) is 8.33. The zero-order valence-electron chi connectivity index (χ0n) is 13.0. The van der Waals surface area contributed by atoms with Crippen LogP contribution >= 0.6 is 23.2 Å². The number of sulfonamides is 1. The Morgan fingerprint density at radius 3 is 2.60 bits per heavy atom. The minimum Gasteiger partial charge on any atom is -0.478 e. The van der Waals surface area contributed by atoms with Crippen molar-refractivity contribution in [3.05, 3.63) is 63.1 Å². The Hall–Kier alpha value is -1.60. The van der Waals surface area contributed by atoms with Crippen molar-refractivity contribution < 1.29 is 18.3 Å². The van der Waals surface area contributed by atoms with Crippen LogP contribution in [0.2, 0.25) is 10.0 Å². The summed E-state index contributed by atoms with van der Waals surface area (Å²) in [6.07, 6.45) is 2.42. The van der Waals surface area contributed by atoms with E-state index in [9.17, 15) is 13.2 Å². The highest BCUT2D eigenvalue weighted by molar-refractivity contribution is 7.89. The van der Waals surface area contributed by atoms with Gasteiger partial charge < -0.3 is 5.11 Å². The lowest BCUT2D eigenvalue weighted by molar-refractivity contribution is 0.0697. The van der Waals surface area contributed by atoms with E-state index in [-0.39, 0.29) is 26.5 Å². The maximum absolute atomic E-state index is 12.8. The fraction of sp³-hybridized carbons (Fsp3) is 0.235. The molecular weight excluding hydrogens is 385 g/mol. The molecule has 0 unspecified atom stereocenters. The van der Waals surface area contributed by atoms with E-state index in [1.54, 1.807) is 0 Å². The van der Waals surface area contributed by atoms with E-state index < -0.39 is 16.0 Å². The molecule has 0 amide bonds. The van der Waals surface area contributed by atoms with Crippen molar-refractivity contribution in [1.29, 1.82) is 0 Å². The molecule has 25 heavy (non-hydrogen) atoms. The summed E-state index contributed by atoms with van der Waals surface area (Å²) in [6.45, 7) is 0. The lowest BCUT2D eigenvalue weighted by Gasteiger charge is -2.26. The van der Waals surface area contributed by atoms with Gasteiger partial charge in [-0.1, -0.05) is 47.5 Å². The van der Waals surface area contributed by atoms with Gasteiger partial charge in [-0.25, -0.2) is 17.9 Å². The highest BCUT2D eigenvalue weighted by Gasteiger charge is 2.28. The summed E-state index contributed by atoms with van der Waals surface area (Å²) in [6, 6.07) is 9.41. The van der Waals surface area contributed by atoms with Gasteiger partial charge in [0.05, 0.1) is 15.6 Å². The summed E-state index contributed by atoms with van der Waals surface area (Å²) in [7, 11) is -4.01. The van der Waals surface area contributed by atoms with Crippen molar-refractivity contribution in [2.75, 3.05) is 0 Å². The predicted octanol–water partition coefficient (Wildman–Crippen LogP) is 4.05. The number of halogens is 2. The smallest absolute Gasteiger partial charge is 0.337 e. The molecule has 0 aromatic heterocycles. The number of fused-ring (bicyclic) bond motifs is 1. The molecule has 0 fully saturated rings. The maximum atomic E-state index is 12.8. The van der Waals surface area contributed by atoms with Gasteiger partial charge in [0, 0.05) is 6.04 Å². The van der Waals surface area contributed by atoms with Gasteiger partial charge in [0.15, 0.2) is 0 Å². The van der Waals surface area contributed by atoms with E-state index >= 15 is 0 Å². The molecule has 3 rings (SSSR count). The molecule has 8 heteroatoms. The van der Waals surface area contributed by atoms with Crippen LogP contribution in [-0.2, 0) is 16.4 Å². The summed E-state index contributed by atoms with van der Waals surface area (Å²) in [4.78, 5) is 10.9. The number of rotatable bonds is 4. The van der Waals surface area contributed by atoms with Gasteiger partial charge in [0.1, 0.15) is 4.90 Å². The number of hydrogen-bond acceptors (Lipinski definition) is 3. The maximum Gasteiger partial charge on any atom is 0.337 e. The number of aromatic carboxylic acids is 1. The van der Waals surface area contributed by atoms with E-state index in [4.69, 9.17) is 28.3 Å². The van der Waals surface area contributed by atoms with Crippen molar-refractivity contribution in [3.8, 4) is 0 Å². The number of benzene rings is 2. The Labute approximate surface area is 155 Å². The summed E-state index contributed by atoms with van der Waals surface area (Å²) in [5.74, 6) is -1.32. The van der Waals surface area contributed by atoms with Crippen LogP contribution in [0, 0.1) is 0 Å². The minimum absolute atomic E-state index is 0.112. The fourth-order valence-corrected chi connectivity index (χ4v) is 5.13. The Bertz CT molecular complexity index is 944. The quantitative estimate of drug-likeness (QED) is 0.811. The van der Waals surface area contributed by atoms with Crippen molar-refractivity contribution in [1.82, 2.24) is 4.72 Å². The van der Waals surface area contributed by atoms with Gasteiger partial charge >= 0.3 is 5.97 Å². The summed E-state index contributed by atoms with van der Waals surface area (Å²) in [5.41, 5.74) is 1.73. The van der Waals surface area contributed by atoms with Crippen LogP contribution < -0.4 is 4.72 Å². The molecule has 0 aliphatic heterocycles. The lowest BCUT2D eigenvalue weighted by Crippen LogP contribution is -2.31. The van der Waals surface area contributed by atoms with E-state index in [0.717, 1.165) is 36.1 Å². The number of hydrogen-bond donors (Lipinski definition) is 2. The fourth-order valence-electron chi connectivity index (χ4n) is 3.03. The predicted molar refractivity (Wildman–Crippen MR) is 95.9 cm³/mol. The van der Waals surface area contributed by atoms with Crippen molar-refractivity contribution >= 4 is 39.2 Å². The molecule has 0 saturated heterocycles. The summed E-state index contributed by atoms with van der Waals surface area (Å²) in [5, 5.41) is 8.93. The van der Waals surface area contributed by atoms with Gasteiger partial charge in [-0.3, -0.25) is 0 Å². The normalized spacial score (nSPS) is 17.1. The molecule has 132 valence electrons. The third-order valence-corrected chi connectivity index (χ3v) is 6.46. The SMILES string of the molecule is O=C(O)c1cc(S(=O)(=O)N[C@@H]2CCCc3ccccc32)c(Cl)cc1Cl. The van der Waals surface area contributed by atoms with Crippen LogP contribution in [0.1, 0.15) is 40.4 Å². The molecule has 0 saturated carbocycles. The summed E-state index contributed by atoms with van der Waals surface area (Å²) >= 11 is 11.8. The summed E-state index contributed by atoms with van der Waals surface area (Å²) < 4.78 is 28.2. The number of carbonyl (C=O) groups is 1. The molecule has 0 radical (unpaired) electrons. The third-order valence-electron chi connectivity index (χ3n) is 4.21. The standard InChI is InChI=1S/C17H15Cl2NO4S/c18-13-9-14(19)16(8-12(13)17(21)22)25(23,24)20-15-7-3-5-10-4-1-2-6-11(10)15/h1-2,4,6,8-9,15,20H,3,5,7H2,(H,21,22)/t15-/m1/s1. The van der Waals surface area contributed by atoms with Crippen LogP contribution in [0.4, 0.5) is 0 Å². The highest BCUT2D eigenvalue weighted by Crippen LogP contribution is 2.33. The van der Waals surface area contributed by atoms with E-state index in [0.29, 0.717) is 6.42 Å². The van der Waals surface area contributed by atoms with Gasteiger partial charge in [-0.2, -0.15) is 0 Å². The second-order valence-electron chi connectivity index (χ2n) is 5.83. The van der Waals surface area contributed by atoms with Crippen LogP contribution in [0.3, 0.4) is 0 Å². The van der Waals surface area contributed by atoms with Gasteiger partial charge in [0.2, 0.25) is 10.0 Å². The topological polar surface area (TPSA) is 83.5 Å². The Kier molecular flexibility index (Phi) is 5.06. The molecule has 2 aromatic carbocycles. The van der Waals surface area contributed by atoms with Gasteiger partial charge in [-0.15, -0.1) is 0 Å². The third kappa shape index (κ3) is 3.67. The highest BCUT2D eigenvalue weighted by atomic mass is 35.5. The van der Waals surface area contributed by atoms with E-state index in [2.05, 4.69) is 4.72 Å². The monoisotopic (exact) mass is 399 g/mol. The first-order valence-electron chi connectivity index (χ1n) is 7.62. The Balaban J connectivity index is 1.99. The molecule has 5 nitrogen and oxygen atoms in total. The van der Waals surface area contributed by atoms with Crippen LogP contribution in [0.25, 0.3) is 0 Å². The van der Waals surface area contributed by atoms with Gasteiger partial charge in [-0.05, 0) is 42.5 Å². The first-order chi connectivity index (χ1) is 11.8. The molecule has 2 N–H and O–H groups in total. The molecule has 0 bridgehead atoms. The van der Waals surface area contributed by atoms with Crippen molar-refractivity contribution in [2.24, 2.45) is 0 Å². The molecule has 2 aromatic rings. The molecule has 1 atom stereocenters. The second kappa shape index (κ2) is 6.96. The van der Waals surface area contributed by atoms with Crippen molar-refractivity contribution in [3.63, 3.8) is 0 Å². The number of carboxylic acids is 1. The molecule has 0 heterocycles. The molecule has 1 aliphatic rings. The molecular formula is C17H15Cl2NO4S. The average Bonchev–Trinajstić information content (AvgIpc) is 2.54. The van der Waals surface area contributed by atoms with Crippen LogP contribution in [-0.4, -0.2) is 19.5 Å². The van der Waals surface area contributed by atoms with E-state index in [1.807, 2.05) is 24.3 Å². The van der Waals surface area contributed by atoms with Crippen LogP contribution in [0.5, 0.6) is 0 Å². The Morgan fingerprint density at radius 1 is 1.16 bits per heavy atom. The van der Waals surface area contributed by atoms with Crippen LogP contribution in [0.15, 0.2) is 41.3 Å². The zero-order chi connectivity index (χ0) is 18.2. The molecule has 0 spiro atoms. The molecule has 1 aliphatic carbocycles. The number of aryl methyl sites for hydroxylation is 1. The zero-order valence-corrected chi connectivity index (χ0v) is 15.3. The first-order valence-corrected chi connectivity index (χ1v) is 9.86. The van der Waals surface area contributed by atoms with Crippen molar-refractivity contribution in [2.45, 2.75) is 30.2 Å². The largest absolute Gasteiger partial charge is 0.478 e.